The minimum absolute atomic E-state index is 0.473. The summed E-state index contributed by atoms with van der Waals surface area (Å²) in [6.45, 7) is 17.3. The highest BCUT2D eigenvalue weighted by Crippen LogP contribution is 2.31. The minimum atomic E-state index is 0.473. The summed E-state index contributed by atoms with van der Waals surface area (Å²) in [6.07, 6.45) is 3.82. The first-order valence-corrected chi connectivity index (χ1v) is 8.15. The van der Waals surface area contributed by atoms with Crippen molar-refractivity contribution in [2.24, 2.45) is 0 Å². The number of nitrogens with zero attached hydrogens (tertiary/aromatic N) is 1. The van der Waals surface area contributed by atoms with E-state index < -0.39 is 0 Å². The molecule has 0 saturated heterocycles. The van der Waals surface area contributed by atoms with E-state index in [-0.39, 0.29) is 0 Å². The average Bonchev–Trinajstić information content (AvgIpc) is 2.41. The molecule has 0 atom stereocenters. The van der Waals surface area contributed by atoms with Crippen molar-refractivity contribution in [2.45, 2.75) is 26.7 Å². The Balaban J connectivity index is 2.68. The summed E-state index contributed by atoms with van der Waals surface area (Å²) >= 11 is 3.63. The van der Waals surface area contributed by atoms with Crippen molar-refractivity contribution in [1.82, 2.24) is 4.90 Å². The summed E-state index contributed by atoms with van der Waals surface area (Å²) in [5.74, 6) is 1.44. The van der Waals surface area contributed by atoms with Gasteiger partial charge in [-0.25, -0.2) is 0 Å². The van der Waals surface area contributed by atoms with Crippen molar-refractivity contribution >= 4 is 15.9 Å². The normalized spacial score (nSPS) is 11.0. The summed E-state index contributed by atoms with van der Waals surface area (Å²) in [5.41, 5.74) is 2.44. The lowest BCUT2D eigenvalue weighted by molar-refractivity contribution is 0.235. The molecule has 0 bridgehead atoms. The molecule has 0 aromatic heterocycles. The molecule has 0 fully saturated rings. The van der Waals surface area contributed by atoms with Gasteiger partial charge in [-0.3, -0.25) is 4.90 Å². The summed E-state index contributed by atoms with van der Waals surface area (Å²) < 4.78 is 7.13. The zero-order chi connectivity index (χ0) is 15.8. The van der Waals surface area contributed by atoms with Crippen molar-refractivity contribution in [1.29, 1.82) is 0 Å². The van der Waals surface area contributed by atoms with E-state index in [1.807, 2.05) is 12.2 Å². The fraction of sp³-hybridized carbons (Fsp3) is 0.444. The largest absolute Gasteiger partial charge is 0.492 e. The molecule has 3 heteroatoms. The van der Waals surface area contributed by atoms with Gasteiger partial charge in [0.25, 0.3) is 0 Å². The van der Waals surface area contributed by atoms with Crippen LogP contribution in [0.1, 0.15) is 30.9 Å². The summed E-state index contributed by atoms with van der Waals surface area (Å²) in [4.78, 5) is 2.25. The number of halogens is 1. The maximum absolute atomic E-state index is 5.97. The molecule has 0 saturated carbocycles. The maximum Gasteiger partial charge on any atom is 0.122 e. The van der Waals surface area contributed by atoms with E-state index >= 15 is 0 Å². The summed E-state index contributed by atoms with van der Waals surface area (Å²) in [6, 6.07) is 4.28. The quantitative estimate of drug-likeness (QED) is 0.584. The predicted molar refractivity (Wildman–Crippen MR) is 95.3 cm³/mol. The second-order valence-electron chi connectivity index (χ2n) is 5.48. The molecule has 1 rings (SSSR count). The second kappa shape index (κ2) is 9.06. The van der Waals surface area contributed by atoms with E-state index in [4.69, 9.17) is 4.74 Å². The fourth-order valence-electron chi connectivity index (χ4n) is 2.17. The third-order valence-corrected chi connectivity index (χ3v) is 4.04. The van der Waals surface area contributed by atoms with Crippen LogP contribution in [0.5, 0.6) is 5.75 Å². The third kappa shape index (κ3) is 5.68. The molecule has 0 N–H and O–H groups in total. The molecule has 21 heavy (non-hydrogen) atoms. The van der Waals surface area contributed by atoms with Gasteiger partial charge < -0.3 is 4.74 Å². The van der Waals surface area contributed by atoms with Gasteiger partial charge in [0.05, 0.1) is 0 Å². The Labute approximate surface area is 137 Å². The van der Waals surface area contributed by atoms with E-state index in [9.17, 15) is 0 Å². The Morgan fingerprint density at radius 1 is 1.24 bits per heavy atom. The van der Waals surface area contributed by atoms with Crippen LogP contribution < -0.4 is 4.74 Å². The van der Waals surface area contributed by atoms with Crippen molar-refractivity contribution in [3.05, 3.63) is 53.0 Å². The van der Waals surface area contributed by atoms with Crippen molar-refractivity contribution in [3.8, 4) is 5.75 Å². The number of aryl methyl sites for hydroxylation is 1. The number of hydrogen-bond acceptors (Lipinski definition) is 2. The fourth-order valence-corrected chi connectivity index (χ4v) is 3.09. The van der Waals surface area contributed by atoms with Crippen molar-refractivity contribution in [2.75, 3.05) is 26.2 Å². The molecule has 0 aliphatic rings. The standard InChI is InChI=1S/C18H26BrNO/c1-6-8-20(9-7-2)10-11-21-18-13-16(14(3)4)17(19)12-15(18)5/h6-7,12-14H,1-2,8-11H2,3-5H3. The molecule has 0 aliphatic heterocycles. The van der Waals surface area contributed by atoms with E-state index in [0.29, 0.717) is 12.5 Å². The first-order chi connectivity index (χ1) is 9.99. The third-order valence-electron chi connectivity index (χ3n) is 3.36. The Hall–Kier alpha value is -1.06. The molecule has 0 amide bonds. The number of hydrogen-bond donors (Lipinski definition) is 0. The highest BCUT2D eigenvalue weighted by molar-refractivity contribution is 9.10. The second-order valence-corrected chi connectivity index (χ2v) is 6.33. The Bertz CT molecular complexity index is 472. The van der Waals surface area contributed by atoms with Gasteiger partial charge in [-0.15, -0.1) is 13.2 Å². The van der Waals surface area contributed by atoms with Crippen LogP contribution in [-0.2, 0) is 0 Å². The SMILES string of the molecule is C=CCN(CC=C)CCOc1cc(C(C)C)c(Br)cc1C. The highest BCUT2D eigenvalue weighted by Gasteiger charge is 2.10. The molecule has 0 radical (unpaired) electrons. The summed E-state index contributed by atoms with van der Waals surface area (Å²) in [5, 5.41) is 0. The van der Waals surface area contributed by atoms with Gasteiger partial charge in [0.1, 0.15) is 12.4 Å². The van der Waals surface area contributed by atoms with Gasteiger partial charge >= 0.3 is 0 Å². The lowest BCUT2D eigenvalue weighted by atomic mass is 10.0. The summed E-state index contributed by atoms with van der Waals surface area (Å²) in [7, 11) is 0. The van der Waals surface area contributed by atoms with E-state index in [1.165, 1.54) is 5.56 Å². The first kappa shape index (κ1) is 18.0. The van der Waals surface area contributed by atoms with Gasteiger partial charge in [0.15, 0.2) is 0 Å². The van der Waals surface area contributed by atoms with Crippen LogP contribution >= 0.6 is 15.9 Å². The van der Waals surface area contributed by atoms with E-state index in [2.05, 4.69) is 66.9 Å². The van der Waals surface area contributed by atoms with Crippen LogP contribution in [0.25, 0.3) is 0 Å². The number of rotatable bonds is 9. The van der Waals surface area contributed by atoms with Gasteiger partial charge in [0, 0.05) is 24.1 Å². The van der Waals surface area contributed by atoms with Gasteiger partial charge in [-0.05, 0) is 36.1 Å². The lowest BCUT2D eigenvalue weighted by Gasteiger charge is -2.20. The molecule has 1 aromatic rings. The maximum atomic E-state index is 5.97. The van der Waals surface area contributed by atoms with E-state index in [1.54, 1.807) is 0 Å². The lowest BCUT2D eigenvalue weighted by Crippen LogP contribution is -2.28. The van der Waals surface area contributed by atoms with Crippen LogP contribution in [0.2, 0.25) is 0 Å². The van der Waals surface area contributed by atoms with E-state index in [0.717, 1.165) is 35.4 Å². The zero-order valence-electron chi connectivity index (χ0n) is 13.4. The smallest absolute Gasteiger partial charge is 0.122 e. The van der Waals surface area contributed by atoms with Crippen LogP contribution in [-0.4, -0.2) is 31.1 Å². The van der Waals surface area contributed by atoms with Crippen LogP contribution in [0.3, 0.4) is 0 Å². The first-order valence-electron chi connectivity index (χ1n) is 7.36. The van der Waals surface area contributed by atoms with Crippen molar-refractivity contribution in [3.63, 3.8) is 0 Å². The molecule has 0 aliphatic carbocycles. The monoisotopic (exact) mass is 351 g/mol. The predicted octanol–water partition coefficient (Wildman–Crippen LogP) is 4.93. The topological polar surface area (TPSA) is 12.5 Å². The molecule has 0 unspecified atom stereocenters. The van der Waals surface area contributed by atoms with Gasteiger partial charge in [0.2, 0.25) is 0 Å². The molecule has 2 nitrogen and oxygen atoms in total. The molecule has 0 heterocycles. The Morgan fingerprint density at radius 3 is 2.38 bits per heavy atom. The van der Waals surface area contributed by atoms with Crippen molar-refractivity contribution < 1.29 is 4.74 Å². The van der Waals surface area contributed by atoms with Crippen LogP contribution in [0, 0.1) is 6.92 Å². The Kier molecular flexibility index (Phi) is 7.76. The molecule has 116 valence electrons. The van der Waals surface area contributed by atoms with Crippen LogP contribution in [0.15, 0.2) is 41.9 Å². The van der Waals surface area contributed by atoms with Crippen LogP contribution in [0.4, 0.5) is 0 Å². The molecular weight excluding hydrogens is 326 g/mol. The number of ether oxygens (including phenoxy) is 1. The van der Waals surface area contributed by atoms with Gasteiger partial charge in [-0.2, -0.15) is 0 Å². The average molecular weight is 352 g/mol. The van der Waals surface area contributed by atoms with Gasteiger partial charge in [-0.1, -0.05) is 41.9 Å². The zero-order valence-corrected chi connectivity index (χ0v) is 14.9. The molecule has 1 aromatic carbocycles. The Morgan fingerprint density at radius 2 is 1.86 bits per heavy atom. The molecular formula is C18H26BrNO. The highest BCUT2D eigenvalue weighted by atomic mass is 79.9. The molecule has 0 spiro atoms. The minimum Gasteiger partial charge on any atom is -0.492 e. The number of benzene rings is 1.